The van der Waals surface area contributed by atoms with Crippen molar-refractivity contribution in [3.05, 3.63) is 0 Å². The Bertz CT molecular complexity index is 270. The molecule has 3 atom stereocenters. The largest absolute Gasteiger partial charge is 0.468 e. The van der Waals surface area contributed by atoms with Crippen molar-refractivity contribution in [2.45, 2.75) is 49.4 Å². The highest BCUT2D eigenvalue weighted by Gasteiger charge is 2.34. The summed E-state index contributed by atoms with van der Waals surface area (Å²) in [5.74, 6) is 0.720. The number of hydrogen-bond donors (Lipinski definition) is 0. The van der Waals surface area contributed by atoms with Gasteiger partial charge in [0.05, 0.1) is 7.11 Å². The zero-order valence-corrected chi connectivity index (χ0v) is 12.1. The summed E-state index contributed by atoms with van der Waals surface area (Å²) in [6, 6.07) is 0.710. The summed E-state index contributed by atoms with van der Waals surface area (Å²) in [6.07, 6.45) is 8.10. The fraction of sp³-hybridized carbons (Fsp3) is 0.923. The fourth-order valence-electron chi connectivity index (χ4n) is 3.36. The number of ether oxygens (including phenoxy) is 1. The molecule has 2 fully saturated rings. The van der Waals surface area contributed by atoms with Crippen LogP contribution in [0.4, 0.5) is 0 Å². The Hall–Kier alpha value is -0.0900. The summed E-state index contributed by atoms with van der Waals surface area (Å²) in [5, 5.41) is 0. The molecule has 98 valence electrons. The lowest BCUT2D eigenvalue weighted by molar-refractivity contribution is -0.140. The lowest BCUT2D eigenvalue weighted by Crippen LogP contribution is -2.49. The van der Waals surface area contributed by atoms with E-state index >= 15 is 0 Å². The van der Waals surface area contributed by atoms with Crippen molar-refractivity contribution >= 4 is 21.9 Å². The Balaban J connectivity index is 1.92. The van der Waals surface area contributed by atoms with E-state index in [1.165, 1.54) is 45.6 Å². The molecule has 1 aliphatic carbocycles. The highest BCUT2D eigenvalue weighted by atomic mass is 79.9. The van der Waals surface area contributed by atoms with Gasteiger partial charge in [0.15, 0.2) is 0 Å². The molecule has 17 heavy (non-hydrogen) atoms. The zero-order valence-electron chi connectivity index (χ0n) is 10.5. The number of carbonyl (C=O) groups excluding carboxylic acids is 1. The van der Waals surface area contributed by atoms with Crippen molar-refractivity contribution in [2.75, 3.05) is 20.2 Å². The summed E-state index contributed by atoms with van der Waals surface area (Å²) in [5.41, 5.74) is 0. The Morgan fingerprint density at radius 2 is 2.06 bits per heavy atom. The molecule has 1 heterocycles. The Morgan fingerprint density at radius 1 is 1.35 bits per heavy atom. The number of esters is 1. The first-order valence-corrected chi connectivity index (χ1v) is 7.60. The smallest absolute Gasteiger partial charge is 0.320 e. The van der Waals surface area contributed by atoms with Gasteiger partial charge < -0.3 is 4.74 Å². The van der Waals surface area contributed by atoms with Crippen molar-refractivity contribution < 1.29 is 9.53 Å². The molecule has 0 bridgehead atoms. The SMILES string of the molecule is COC(=O)C(Br)CN1CCCC2CCCCC21. The number of carbonyl (C=O) groups is 1. The summed E-state index contributed by atoms with van der Waals surface area (Å²) < 4.78 is 4.78. The first-order valence-electron chi connectivity index (χ1n) is 6.68. The van der Waals surface area contributed by atoms with Crippen molar-refractivity contribution in [1.29, 1.82) is 0 Å². The van der Waals surface area contributed by atoms with Crippen LogP contribution in [0.25, 0.3) is 0 Å². The molecular formula is C13H22BrNO2. The molecule has 0 aromatic heterocycles. The molecule has 3 nitrogen and oxygen atoms in total. The standard InChI is InChI=1S/C13H22BrNO2/c1-17-13(16)11(14)9-15-8-4-6-10-5-2-3-7-12(10)15/h10-12H,2-9H2,1H3. The van der Waals surface area contributed by atoms with Crippen molar-refractivity contribution in [3.63, 3.8) is 0 Å². The van der Waals surface area contributed by atoms with Crippen molar-refractivity contribution in [1.82, 2.24) is 4.90 Å². The number of alkyl halides is 1. The first-order chi connectivity index (χ1) is 8.22. The molecule has 0 amide bonds. The minimum absolute atomic E-state index is 0.150. The van der Waals surface area contributed by atoms with E-state index < -0.39 is 0 Å². The average Bonchev–Trinajstić information content (AvgIpc) is 2.38. The molecule has 3 unspecified atom stereocenters. The van der Waals surface area contributed by atoms with Gasteiger partial charge >= 0.3 is 5.97 Å². The molecule has 1 saturated heterocycles. The molecule has 2 aliphatic rings. The molecular weight excluding hydrogens is 282 g/mol. The van der Waals surface area contributed by atoms with Gasteiger partial charge in [-0.25, -0.2) is 0 Å². The van der Waals surface area contributed by atoms with Crippen LogP contribution in [0.3, 0.4) is 0 Å². The van der Waals surface area contributed by atoms with Crippen molar-refractivity contribution in [2.24, 2.45) is 5.92 Å². The third-order valence-corrected chi connectivity index (χ3v) is 4.87. The molecule has 0 aromatic rings. The number of hydrogen-bond acceptors (Lipinski definition) is 3. The maximum absolute atomic E-state index is 11.4. The summed E-state index contributed by atoms with van der Waals surface area (Å²) in [6.45, 7) is 1.94. The van der Waals surface area contributed by atoms with Crippen LogP contribution in [0, 0.1) is 5.92 Å². The van der Waals surface area contributed by atoms with Gasteiger partial charge in [0.25, 0.3) is 0 Å². The van der Waals surface area contributed by atoms with Gasteiger partial charge in [0.1, 0.15) is 4.83 Å². The van der Waals surface area contributed by atoms with Gasteiger partial charge in [-0.1, -0.05) is 28.8 Å². The van der Waals surface area contributed by atoms with E-state index in [2.05, 4.69) is 20.8 Å². The molecule has 1 aliphatic heterocycles. The van der Waals surface area contributed by atoms with Crippen LogP contribution in [-0.2, 0) is 9.53 Å². The maximum atomic E-state index is 11.4. The molecule has 1 saturated carbocycles. The fourth-order valence-corrected chi connectivity index (χ4v) is 3.92. The number of piperidine rings is 1. The second-order valence-corrected chi connectivity index (χ2v) is 6.35. The van der Waals surface area contributed by atoms with Crippen LogP contribution in [0.1, 0.15) is 38.5 Å². The van der Waals surface area contributed by atoms with E-state index in [0.29, 0.717) is 6.04 Å². The van der Waals surface area contributed by atoms with E-state index in [1.807, 2.05) is 0 Å². The van der Waals surface area contributed by atoms with Gasteiger partial charge in [-0.05, 0) is 38.1 Å². The summed E-state index contributed by atoms with van der Waals surface area (Å²) >= 11 is 3.44. The van der Waals surface area contributed by atoms with Gasteiger partial charge in [0, 0.05) is 12.6 Å². The topological polar surface area (TPSA) is 29.5 Å². The number of halogens is 1. The number of methoxy groups -OCH3 is 1. The second kappa shape index (κ2) is 6.19. The highest BCUT2D eigenvalue weighted by molar-refractivity contribution is 9.10. The molecule has 0 aromatic carbocycles. The van der Waals surface area contributed by atoms with Gasteiger partial charge in [-0.2, -0.15) is 0 Å². The molecule has 0 radical (unpaired) electrons. The van der Waals surface area contributed by atoms with Crippen LogP contribution in [0.5, 0.6) is 0 Å². The first kappa shape index (κ1) is 13.3. The van der Waals surface area contributed by atoms with E-state index in [9.17, 15) is 4.79 Å². The monoisotopic (exact) mass is 303 g/mol. The lowest BCUT2D eigenvalue weighted by atomic mass is 9.78. The number of rotatable bonds is 3. The van der Waals surface area contributed by atoms with E-state index in [4.69, 9.17) is 4.74 Å². The number of likely N-dealkylation sites (tertiary alicyclic amines) is 1. The molecule has 0 spiro atoms. The Kier molecular flexibility index (Phi) is 4.86. The van der Waals surface area contributed by atoms with E-state index in [0.717, 1.165) is 19.0 Å². The lowest BCUT2D eigenvalue weighted by Gasteiger charge is -2.44. The minimum atomic E-state index is -0.173. The van der Waals surface area contributed by atoms with Crippen molar-refractivity contribution in [3.8, 4) is 0 Å². The molecule has 0 N–H and O–H groups in total. The van der Waals surface area contributed by atoms with Gasteiger partial charge in [0.2, 0.25) is 0 Å². The predicted octanol–water partition coefficient (Wildman–Crippen LogP) is 2.58. The maximum Gasteiger partial charge on any atom is 0.320 e. The minimum Gasteiger partial charge on any atom is -0.468 e. The van der Waals surface area contributed by atoms with Crippen LogP contribution >= 0.6 is 15.9 Å². The number of fused-ring (bicyclic) bond motifs is 1. The zero-order chi connectivity index (χ0) is 12.3. The van der Waals surface area contributed by atoms with Crippen LogP contribution < -0.4 is 0 Å². The van der Waals surface area contributed by atoms with Gasteiger partial charge in [-0.15, -0.1) is 0 Å². The van der Waals surface area contributed by atoms with Crippen LogP contribution in [0.2, 0.25) is 0 Å². The number of nitrogens with zero attached hydrogens (tertiary/aromatic N) is 1. The van der Waals surface area contributed by atoms with E-state index in [-0.39, 0.29) is 10.8 Å². The summed E-state index contributed by atoms with van der Waals surface area (Å²) in [4.78, 5) is 13.8. The molecule has 2 rings (SSSR count). The third-order valence-electron chi connectivity index (χ3n) is 4.21. The normalized spacial score (nSPS) is 31.6. The van der Waals surface area contributed by atoms with E-state index in [1.54, 1.807) is 0 Å². The Morgan fingerprint density at radius 3 is 2.82 bits per heavy atom. The highest BCUT2D eigenvalue weighted by Crippen LogP contribution is 2.35. The Labute approximate surface area is 112 Å². The predicted molar refractivity (Wildman–Crippen MR) is 71.3 cm³/mol. The second-order valence-electron chi connectivity index (χ2n) is 5.24. The van der Waals surface area contributed by atoms with Crippen LogP contribution in [-0.4, -0.2) is 41.9 Å². The van der Waals surface area contributed by atoms with Crippen LogP contribution in [0.15, 0.2) is 0 Å². The quantitative estimate of drug-likeness (QED) is 0.593. The third kappa shape index (κ3) is 3.22. The average molecular weight is 304 g/mol. The van der Waals surface area contributed by atoms with Gasteiger partial charge in [-0.3, -0.25) is 9.69 Å². The molecule has 4 heteroatoms. The summed E-state index contributed by atoms with van der Waals surface area (Å²) in [7, 11) is 1.45.